The lowest BCUT2D eigenvalue weighted by Gasteiger charge is -2.18. The number of hydrogen-bond acceptors (Lipinski definition) is 3. The van der Waals surface area contributed by atoms with E-state index in [9.17, 15) is 13.6 Å². The molecule has 1 aliphatic carbocycles. The van der Waals surface area contributed by atoms with Crippen LogP contribution in [0.15, 0.2) is 43.0 Å². The van der Waals surface area contributed by atoms with Gasteiger partial charge in [0.05, 0.1) is 0 Å². The highest BCUT2D eigenvalue weighted by atomic mass is 31.0. The smallest absolute Gasteiger partial charge is 0.284 e. The summed E-state index contributed by atoms with van der Waals surface area (Å²) in [5.41, 5.74) is -1.24. The molecule has 3 aromatic rings. The van der Waals surface area contributed by atoms with Crippen LogP contribution in [0.2, 0.25) is 0 Å². The number of nitrogens with one attached hydrogen (secondary N) is 1. The number of carbonyl (C=O) groups is 1. The van der Waals surface area contributed by atoms with Crippen molar-refractivity contribution in [3.8, 4) is 11.1 Å². The van der Waals surface area contributed by atoms with Gasteiger partial charge in [-0.25, -0.2) is 9.97 Å². The maximum atomic E-state index is 14.4. The van der Waals surface area contributed by atoms with Crippen LogP contribution >= 0.6 is 9.24 Å². The Labute approximate surface area is 170 Å². The third kappa shape index (κ3) is 4.01. The van der Waals surface area contributed by atoms with E-state index in [-0.39, 0.29) is 29.3 Å². The number of benzene rings is 1. The molecular weight excluding hydrogens is 393 g/mol. The van der Waals surface area contributed by atoms with Crippen molar-refractivity contribution < 1.29 is 13.6 Å². The minimum atomic E-state index is -3.09. The normalized spacial score (nSPS) is 19.9. The average molecular weight is 416 g/mol. The van der Waals surface area contributed by atoms with E-state index in [0.29, 0.717) is 23.3 Å². The molecule has 4 rings (SSSR count). The predicted octanol–water partition coefficient (Wildman–Crippen LogP) is 4.34. The number of halogens is 2. The number of hydrogen-bond donors (Lipinski definition) is 1. The van der Waals surface area contributed by atoms with Gasteiger partial charge in [0.2, 0.25) is 11.7 Å². The molecule has 1 fully saturated rings. The Balaban J connectivity index is 1.65. The van der Waals surface area contributed by atoms with Crippen LogP contribution in [0, 0.1) is 5.92 Å². The molecule has 1 N–H and O–H groups in total. The van der Waals surface area contributed by atoms with Crippen molar-refractivity contribution >= 4 is 20.9 Å². The van der Waals surface area contributed by atoms with Crippen molar-refractivity contribution in [2.45, 2.75) is 44.3 Å². The van der Waals surface area contributed by atoms with E-state index in [0.717, 1.165) is 12.0 Å². The predicted molar refractivity (Wildman–Crippen MR) is 111 cm³/mol. The molecule has 1 aliphatic rings. The molecule has 0 bridgehead atoms. The number of aromatic nitrogens is 3. The topological polar surface area (TPSA) is 59.3 Å². The summed E-state index contributed by atoms with van der Waals surface area (Å²) < 4.78 is 30.6. The minimum absolute atomic E-state index is 0.0544. The molecule has 1 saturated carbocycles. The monoisotopic (exact) mass is 416 g/mol. The highest BCUT2D eigenvalue weighted by molar-refractivity contribution is 7.17. The minimum Gasteiger partial charge on any atom is -0.353 e. The van der Waals surface area contributed by atoms with Crippen LogP contribution in [0.5, 0.6) is 0 Å². The highest BCUT2D eigenvalue weighted by Crippen LogP contribution is 2.52. The maximum absolute atomic E-state index is 14.4. The van der Waals surface area contributed by atoms with Gasteiger partial charge >= 0.3 is 0 Å². The van der Waals surface area contributed by atoms with Crippen molar-refractivity contribution in [3.05, 3.63) is 54.1 Å². The standard InChI is InChI=1S/C21H23F2N4OP/c1-3-12(2)26-19(28)17-9-16(17)15-5-4-13(8-18(15)21(22,23)29)14-10-25-20-24-6-7-27(20)11-14/h4-8,10-12,16-17H,3,9,29H2,1-2H3,(H,26,28). The Hall–Kier alpha value is -2.40. The van der Waals surface area contributed by atoms with E-state index in [1.807, 2.05) is 26.1 Å². The summed E-state index contributed by atoms with van der Waals surface area (Å²) in [6.07, 6.45) is 8.27. The third-order valence-corrected chi connectivity index (χ3v) is 5.83. The van der Waals surface area contributed by atoms with Gasteiger partial charge in [-0.15, -0.1) is 0 Å². The molecule has 29 heavy (non-hydrogen) atoms. The molecule has 0 saturated heterocycles. The second-order valence-corrected chi connectivity index (χ2v) is 8.39. The second-order valence-electron chi connectivity index (χ2n) is 7.67. The Kier molecular flexibility index (Phi) is 5.11. The first-order valence-corrected chi connectivity index (χ1v) is 10.3. The third-order valence-electron chi connectivity index (χ3n) is 5.52. The summed E-state index contributed by atoms with van der Waals surface area (Å²) in [6.45, 7) is 3.94. The maximum Gasteiger partial charge on any atom is 0.284 e. The summed E-state index contributed by atoms with van der Waals surface area (Å²) in [7, 11) is 1.62. The van der Waals surface area contributed by atoms with Gasteiger partial charge in [-0.2, -0.15) is 8.78 Å². The van der Waals surface area contributed by atoms with Crippen LogP contribution in [-0.2, 0) is 10.5 Å². The molecule has 0 spiro atoms. The Morgan fingerprint density at radius 2 is 2.17 bits per heavy atom. The molecule has 4 atom stereocenters. The number of rotatable bonds is 6. The fraction of sp³-hybridized carbons (Fsp3) is 0.381. The van der Waals surface area contributed by atoms with Gasteiger partial charge in [0.15, 0.2) is 0 Å². The first-order valence-electron chi connectivity index (χ1n) is 9.68. The lowest BCUT2D eigenvalue weighted by Crippen LogP contribution is -2.33. The SMILES string of the molecule is CCC(C)NC(=O)C1CC1c1ccc(-c2cnc3nccn3c2)cc1C(F)(F)P. The van der Waals surface area contributed by atoms with Crippen molar-refractivity contribution in [3.63, 3.8) is 0 Å². The van der Waals surface area contributed by atoms with Crippen LogP contribution in [0.25, 0.3) is 16.9 Å². The largest absolute Gasteiger partial charge is 0.353 e. The van der Waals surface area contributed by atoms with E-state index in [1.54, 1.807) is 38.3 Å². The van der Waals surface area contributed by atoms with Gasteiger partial charge < -0.3 is 5.32 Å². The number of alkyl halides is 2. The highest BCUT2D eigenvalue weighted by Gasteiger charge is 2.47. The van der Waals surface area contributed by atoms with Crippen molar-refractivity contribution in [1.29, 1.82) is 0 Å². The van der Waals surface area contributed by atoms with Crippen molar-refractivity contribution in [2.24, 2.45) is 5.92 Å². The first-order chi connectivity index (χ1) is 13.8. The van der Waals surface area contributed by atoms with Crippen LogP contribution in [0.1, 0.15) is 43.7 Å². The molecule has 0 radical (unpaired) electrons. The zero-order chi connectivity index (χ0) is 20.8. The Morgan fingerprint density at radius 1 is 1.38 bits per heavy atom. The number of amides is 1. The summed E-state index contributed by atoms with van der Waals surface area (Å²) in [5, 5.41) is 2.95. The second kappa shape index (κ2) is 7.45. The molecule has 4 unspecified atom stereocenters. The van der Waals surface area contributed by atoms with E-state index in [1.165, 1.54) is 6.07 Å². The fourth-order valence-corrected chi connectivity index (χ4v) is 3.84. The van der Waals surface area contributed by atoms with Crippen LogP contribution in [0.4, 0.5) is 8.78 Å². The Bertz CT molecular complexity index is 1060. The number of fused-ring (bicyclic) bond motifs is 1. The summed E-state index contributed by atoms with van der Waals surface area (Å²) in [5.74, 6) is 0.0741. The van der Waals surface area contributed by atoms with Crippen molar-refractivity contribution in [2.75, 3.05) is 0 Å². The molecule has 1 amide bonds. The van der Waals surface area contributed by atoms with Crippen LogP contribution in [-0.4, -0.2) is 26.3 Å². The Morgan fingerprint density at radius 3 is 2.90 bits per heavy atom. The van der Waals surface area contributed by atoms with Gasteiger partial charge in [0.25, 0.3) is 5.66 Å². The van der Waals surface area contributed by atoms with Crippen LogP contribution < -0.4 is 5.32 Å². The van der Waals surface area contributed by atoms with Gasteiger partial charge in [-0.05, 0) is 42.9 Å². The van der Waals surface area contributed by atoms with Gasteiger partial charge in [0.1, 0.15) is 0 Å². The fourth-order valence-electron chi connectivity index (χ4n) is 3.59. The van der Waals surface area contributed by atoms with Gasteiger partial charge in [0, 0.05) is 47.9 Å². The summed E-state index contributed by atoms with van der Waals surface area (Å²) in [4.78, 5) is 20.7. The first kappa shape index (κ1) is 19.9. The molecule has 8 heteroatoms. The van der Waals surface area contributed by atoms with E-state index in [2.05, 4.69) is 15.3 Å². The van der Waals surface area contributed by atoms with E-state index in [4.69, 9.17) is 0 Å². The van der Waals surface area contributed by atoms with Crippen LogP contribution in [0.3, 0.4) is 0 Å². The lowest BCUT2D eigenvalue weighted by atomic mass is 9.97. The van der Waals surface area contributed by atoms with E-state index < -0.39 is 5.66 Å². The summed E-state index contributed by atoms with van der Waals surface area (Å²) >= 11 is 0. The molecule has 2 aromatic heterocycles. The number of carbonyl (C=O) groups excluding carboxylic acids is 1. The molecule has 0 aliphatic heterocycles. The van der Waals surface area contributed by atoms with Crippen molar-refractivity contribution in [1.82, 2.24) is 19.7 Å². The number of nitrogens with zero attached hydrogens (tertiary/aromatic N) is 3. The molecule has 2 heterocycles. The summed E-state index contributed by atoms with van der Waals surface area (Å²) in [6, 6.07) is 5.13. The number of imidazole rings is 1. The zero-order valence-corrected chi connectivity index (χ0v) is 17.4. The lowest BCUT2D eigenvalue weighted by molar-refractivity contribution is -0.123. The molecule has 152 valence electrons. The molecule has 1 aromatic carbocycles. The quantitative estimate of drug-likeness (QED) is 0.609. The van der Waals surface area contributed by atoms with Gasteiger partial charge in [-0.3, -0.25) is 9.20 Å². The molecule has 5 nitrogen and oxygen atoms in total. The molecular formula is C21H23F2N4OP. The van der Waals surface area contributed by atoms with E-state index >= 15 is 0 Å². The zero-order valence-electron chi connectivity index (χ0n) is 16.3. The van der Waals surface area contributed by atoms with Gasteiger partial charge in [-0.1, -0.05) is 28.3 Å². The average Bonchev–Trinajstić information content (AvgIpc) is 3.35.